The number of nitriles is 1. The van der Waals surface area contributed by atoms with Gasteiger partial charge in [0.05, 0.1) is 22.6 Å². The summed E-state index contributed by atoms with van der Waals surface area (Å²) in [6, 6.07) is 5.73. The zero-order chi connectivity index (χ0) is 27.3. The van der Waals surface area contributed by atoms with Gasteiger partial charge in [-0.25, -0.2) is 0 Å². The Balaban J connectivity index is 1.73. The summed E-state index contributed by atoms with van der Waals surface area (Å²) >= 11 is 0. The number of allylic oxidation sites excluding steroid dienone is 1. The molecule has 1 fully saturated rings. The fourth-order valence-corrected chi connectivity index (χ4v) is 3.98. The van der Waals surface area contributed by atoms with Crippen LogP contribution in [0.25, 0.3) is 0 Å². The first-order valence-electron chi connectivity index (χ1n) is 11.9. The molecule has 3 amide bonds. The number of nitrogens with zero attached hydrogens (tertiary/aromatic N) is 3. The number of carbonyl (C=O) groups is 4. The van der Waals surface area contributed by atoms with Gasteiger partial charge in [0.2, 0.25) is 5.91 Å². The van der Waals surface area contributed by atoms with E-state index in [9.17, 15) is 19.2 Å². The number of hydrogen-bond donors (Lipinski definition) is 3. The largest absolute Gasteiger partial charge is 0.385 e. The van der Waals surface area contributed by atoms with Gasteiger partial charge in [-0.2, -0.15) is 5.26 Å². The molecule has 37 heavy (non-hydrogen) atoms. The lowest BCUT2D eigenvalue weighted by molar-refractivity contribution is -0.124. The molecule has 0 radical (unpaired) electrons. The topological polar surface area (TPSA) is 146 Å². The lowest BCUT2D eigenvalue weighted by atomic mass is 9.98. The number of fused-ring (bicyclic) bond motifs is 1. The van der Waals surface area contributed by atoms with Crippen molar-refractivity contribution in [3.8, 4) is 17.9 Å². The molecule has 1 saturated heterocycles. The van der Waals surface area contributed by atoms with Crippen LogP contribution < -0.4 is 15.5 Å². The Morgan fingerprint density at radius 1 is 1.24 bits per heavy atom. The molecule has 2 heterocycles. The standard InChI is InChI=1S/C27H30N6O4/c1-27(2,3)31-14-18(22(29)13-28)8-7-17-15-32(16-17)19-9-10-20-21(12-19)26(37)33(25(20)36)23(6-5-11-34)24(35)30-4/h9-12,14,17,23,29,31H,5-6,15-16H2,1-4H3,(H,30,35)/b18-14-,29-22?. The number of amides is 3. The number of hydrogen-bond acceptors (Lipinski definition) is 8. The van der Waals surface area contributed by atoms with Crippen molar-refractivity contribution in [1.82, 2.24) is 15.5 Å². The summed E-state index contributed by atoms with van der Waals surface area (Å²) in [6.45, 7) is 7.06. The second-order valence-electron chi connectivity index (χ2n) is 9.89. The third-order valence-corrected chi connectivity index (χ3v) is 6.01. The van der Waals surface area contributed by atoms with Crippen LogP contribution in [0.2, 0.25) is 0 Å². The highest BCUT2D eigenvalue weighted by molar-refractivity contribution is 6.23. The van der Waals surface area contributed by atoms with E-state index in [0.29, 0.717) is 24.9 Å². The van der Waals surface area contributed by atoms with Gasteiger partial charge >= 0.3 is 0 Å². The molecule has 2 aliphatic rings. The fraction of sp³-hybridized carbons (Fsp3) is 0.407. The monoisotopic (exact) mass is 502 g/mol. The van der Waals surface area contributed by atoms with Gasteiger partial charge in [0.15, 0.2) is 0 Å². The van der Waals surface area contributed by atoms with Gasteiger partial charge in [0.1, 0.15) is 24.1 Å². The van der Waals surface area contributed by atoms with E-state index in [0.717, 1.165) is 10.6 Å². The molecule has 192 valence electrons. The molecular weight excluding hydrogens is 472 g/mol. The van der Waals surface area contributed by atoms with Crippen molar-refractivity contribution in [3.63, 3.8) is 0 Å². The van der Waals surface area contributed by atoms with Crippen LogP contribution >= 0.6 is 0 Å². The van der Waals surface area contributed by atoms with Crippen molar-refractivity contribution in [1.29, 1.82) is 10.7 Å². The van der Waals surface area contributed by atoms with E-state index < -0.39 is 23.8 Å². The molecule has 0 spiro atoms. The smallest absolute Gasteiger partial charge is 0.262 e. The summed E-state index contributed by atoms with van der Waals surface area (Å²) in [7, 11) is 1.42. The quantitative estimate of drug-likeness (QED) is 0.212. The Labute approximate surface area is 216 Å². The third kappa shape index (κ3) is 6.04. The van der Waals surface area contributed by atoms with Gasteiger partial charge in [0, 0.05) is 44.0 Å². The van der Waals surface area contributed by atoms with Gasteiger partial charge in [-0.3, -0.25) is 24.7 Å². The molecule has 1 unspecified atom stereocenters. The fourth-order valence-electron chi connectivity index (χ4n) is 3.98. The van der Waals surface area contributed by atoms with Gasteiger partial charge in [0.25, 0.3) is 11.8 Å². The number of aldehydes is 1. The van der Waals surface area contributed by atoms with Gasteiger partial charge in [-0.15, -0.1) is 0 Å². The Bertz CT molecular complexity index is 1270. The van der Waals surface area contributed by atoms with E-state index >= 15 is 0 Å². The maximum atomic E-state index is 13.1. The Morgan fingerprint density at radius 3 is 2.51 bits per heavy atom. The highest BCUT2D eigenvalue weighted by atomic mass is 16.2. The number of anilines is 1. The second kappa shape index (κ2) is 11.1. The van der Waals surface area contributed by atoms with E-state index in [1.165, 1.54) is 7.05 Å². The minimum Gasteiger partial charge on any atom is -0.385 e. The maximum Gasteiger partial charge on any atom is 0.262 e. The molecule has 3 rings (SSSR count). The average molecular weight is 503 g/mol. The SMILES string of the molecule is CNC(=O)C(CCC=O)N1C(=O)c2ccc(N3CC(C#C/C(=C/NC(C)(C)C)C(=N)C#N)C3)cc2C1=O. The van der Waals surface area contributed by atoms with Crippen LogP contribution in [-0.2, 0) is 9.59 Å². The molecule has 10 nitrogen and oxygen atoms in total. The van der Waals surface area contributed by atoms with Crippen LogP contribution in [0, 0.1) is 34.5 Å². The normalized spacial score (nSPS) is 16.1. The summed E-state index contributed by atoms with van der Waals surface area (Å²) < 4.78 is 0. The third-order valence-electron chi connectivity index (χ3n) is 6.01. The van der Waals surface area contributed by atoms with E-state index in [1.54, 1.807) is 24.4 Å². The van der Waals surface area contributed by atoms with Crippen LogP contribution in [0.4, 0.5) is 5.69 Å². The van der Waals surface area contributed by atoms with Crippen LogP contribution in [0.15, 0.2) is 30.0 Å². The van der Waals surface area contributed by atoms with Crippen LogP contribution in [0.1, 0.15) is 54.3 Å². The lowest BCUT2D eigenvalue weighted by Gasteiger charge is -2.38. The highest BCUT2D eigenvalue weighted by Crippen LogP contribution is 2.32. The predicted molar refractivity (Wildman–Crippen MR) is 138 cm³/mol. The van der Waals surface area contributed by atoms with Crippen molar-refractivity contribution in [2.45, 2.75) is 45.2 Å². The first-order chi connectivity index (χ1) is 17.5. The zero-order valence-corrected chi connectivity index (χ0v) is 21.3. The summed E-state index contributed by atoms with van der Waals surface area (Å²) in [5.41, 5.74) is 1.07. The number of nitrogens with one attached hydrogen (secondary N) is 3. The molecule has 10 heteroatoms. The van der Waals surface area contributed by atoms with Crippen molar-refractivity contribution >= 4 is 35.4 Å². The van der Waals surface area contributed by atoms with Gasteiger partial charge in [-0.1, -0.05) is 11.8 Å². The number of imide groups is 1. The highest BCUT2D eigenvalue weighted by Gasteiger charge is 2.43. The number of rotatable bonds is 8. The van der Waals surface area contributed by atoms with E-state index in [-0.39, 0.29) is 41.1 Å². The molecule has 0 saturated carbocycles. The predicted octanol–water partition coefficient (Wildman–Crippen LogP) is 1.63. The summed E-state index contributed by atoms with van der Waals surface area (Å²) in [5, 5.41) is 22.5. The zero-order valence-electron chi connectivity index (χ0n) is 21.3. The molecule has 1 atom stereocenters. The minimum absolute atomic E-state index is 0.00703. The number of carbonyl (C=O) groups excluding carboxylic acids is 4. The number of likely N-dealkylation sites (N-methyl/N-ethyl adjacent to an activating group) is 1. The van der Waals surface area contributed by atoms with Crippen LogP contribution in [0.3, 0.4) is 0 Å². The first kappa shape index (κ1) is 27.2. The summed E-state index contributed by atoms with van der Waals surface area (Å²) in [5.74, 6) is 4.42. The van der Waals surface area contributed by atoms with Crippen molar-refractivity contribution in [2.24, 2.45) is 5.92 Å². The lowest BCUT2D eigenvalue weighted by Crippen LogP contribution is -2.48. The Morgan fingerprint density at radius 2 is 1.92 bits per heavy atom. The summed E-state index contributed by atoms with van der Waals surface area (Å²) in [6.07, 6.45) is 2.34. The molecular formula is C27H30N6O4. The van der Waals surface area contributed by atoms with E-state index in [2.05, 4.69) is 22.5 Å². The van der Waals surface area contributed by atoms with E-state index in [4.69, 9.17) is 10.7 Å². The van der Waals surface area contributed by atoms with Crippen molar-refractivity contribution in [2.75, 3.05) is 25.0 Å². The molecule has 3 N–H and O–H groups in total. The summed E-state index contributed by atoms with van der Waals surface area (Å²) in [4.78, 5) is 52.2. The number of benzene rings is 1. The maximum absolute atomic E-state index is 13.1. The average Bonchev–Trinajstić information content (AvgIpc) is 3.08. The molecule has 0 bridgehead atoms. The van der Waals surface area contributed by atoms with Gasteiger partial charge in [-0.05, 0) is 45.4 Å². The Hall–Kier alpha value is -4.44. The van der Waals surface area contributed by atoms with Gasteiger partial charge < -0.3 is 20.3 Å². The molecule has 1 aromatic carbocycles. The minimum atomic E-state index is -1.06. The van der Waals surface area contributed by atoms with E-state index in [1.807, 2.05) is 31.7 Å². The van der Waals surface area contributed by atoms with Crippen molar-refractivity contribution < 1.29 is 19.2 Å². The first-order valence-corrected chi connectivity index (χ1v) is 11.9. The molecule has 0 aromatic heterocycles. The molecule has 1 aromatic rings. The second-order valence-corrected chi connectivity index (χ2v) is 9.89. The molecule has 2 aliphatic heterocycles. The van der Waals surface area contributed by atoms with Crippen LogP contribution in [-0.4, -0.2) is 66.3 Å². The van der Waals surface area contributed by atoms with Crippen LogP contribution in [0.5, 0.6) is 0 Å². The Kier molecular flexibility index (Phi) is 8.14. The molecule has 0 aliphatic carbocycles. The van der Waals surface area contributed by atoms with Crippen molar-refractivity contribution in [3.05, 3.63) is 41.1 Å².